The fourth-order valence-electron chi connectivity index (χ4n) is 2.34. The topological polar surface area (TPSA) is 87.5 Å². The summed E-state index contributed by atoms with van der Waals surface area (Å²) >= 11 is 0. The van der Waals surface area contributed by atoms with Crippen molar-refractivity contribution < 1.29 is 14.7 Å². The maximum Gasteiger partial charge on any atom is 0.356 e. The fraction of sp³-hybridized carbons (Fsp3) is 0.615. The second kappa shape index (κ2) is 4.81. The van der Waals surface area contributed by atoms with Gasteiger partial charge in [0, 0.05) is 36.8 Å². The summed E-state index contributed by atoms with van der Waals surface area (Å²) in [6, 6.07) is -0.177. The number of nitrogens with zero attached hydrogens (tertiary/aromatic N) is 3. The summed E-state index contributed by atoms with van der Waals surface area (Å²) < 4.78 is 1.60. The van der Waals surface area contributed by atoms with Gasteiger partial charge < -0.3 is 15.3 Å². The number of rotatable bonds is 1. The van der Waals surface area contributed by atoms with Crippen LogP contribution in [-0.4, -0.2) is 43.9 Å². The van der Waals surface area contributed by atoms with Crippen LogP contribution in [0.1, 0.15) is 42.5 Å². The minimum absolute atomic E-state index is 0.0377. The molecule has 7 nitrogen and oxygen atoms in total. The van der Waals surface area contributed by atoms with E-state index in [2.05, 4.69) is 10.4 Å². The molecule has 0 aliphatic carbocycles. The van der Waals surface area contributed by atoms with E-state index in [0.29, 0.717) is 18.5 Å². The van der Waals surface area contributed by atoms with E-state index >= 15 is 0 Å². The number of carboxylic acid groups (broad SMARTS) is 1. The molecule has 1 aromatic heterocycles. The Hall–Kier alpha value is -2.05. The van der Waals surface area contributed by atoms with E-state index in [0.717, 1.165) is 5.69 Å². The van der Waals surface area contributed by atoms with Crippen molar-refractivity contribution in [1.29, 1.82) is 0 Å². The van der Waals surface area contributed by atoms with Crippen LogP contribution in [0.15, 0.2) is 0 Å². The molecule has 0 bridgehead atoms. The maximum absolute atomic E-state index is 12.2. The number of amides is 2. The fourth-order valence-corrected chi connectivity index (χ4v) is 2.34. The number of aromatic nitrogens is 2. The SMILES string of the molecule is Cn1nc(C(=O)O)c2c1CCN(C(=O)NC(C)(C)C)C2. The summed E-state index contributed by atoms with van der Waals surface area (Å²) in [6.45, 7) is 6.58. The van der Waals surface area contributed by atoms with E-state index in [4.69, 9.17) is 0 Å². The number of aromatic carboxylic acids is 1. The van der Waals surface area contributed by atoms with Gasteiger partial charge in [0.15, 0.2) is 5.69 Å². The third-order valence-electron chi connectivity index (χ3n) is 3.21. The second-order valence-corrected chi connectivity index (χ2v) is 6.05. The highest BCUT2D eigenvalue weighted by Gasteiger charge is 2.30. The Morgan fingerprint density at radius 2 is 2.00 bits per heavy atom. The normalized spacial score (nSPS) is 14.9. The number of hydrogen-bond donors (Lipinski definition) is 2. The first kappa shape index (κ1) is 14.4. The minimum atomic E-state index is -1.06. The number of carbonyl (C=O) groups is 2. The van der Waals surface area contributed by atoms with E-state index < -0.39 is 5.97 Å². The zero-order chi connectivity index (χ0) is 15.1. The van der Waals surface area contributed by atoms with Crippen molar-refractivity contribution in [3.63, 3.8) is 0 Å². The summed E-state index contributed by atoms with van der Waals surface area (Å²) in [4.78, 5) is 25.0. The standard InChI is InChI=1S/C13H20N4O3/c1-13(2,3)14-12(20)17-6-5-9-8(7-17)10(11(18)19)15-16(9)4/h5-7H2,1-4H3,(H,14,20)(H,18,19). The molecule has 2 amide bonds. The lowest BCUT2D eigenvalue weighted by Crippen LogP contribution is -2.49. The van der Waals surface area contributed by atoms with Gasteiger partial charge in [-0.05, 0) is 20.8 Å². The van der Waals surface area contributed by atoms with Crippen LogP contribution in [0.25, 0.3) is 0 Å². The molecule has 0 atom stereocenters. The van der Waals surface area contributed by atoms with Crippen LogP contribution in [0.2, 0.25) is 0 Å². The summed E-state index contributed by atoms with van der Waals surface area (Å²) in [5.41, 5.74) is 1.25. The van der Waals surface area contributed by atoms with Crippen LogP contribution in [0.5, 0.6) is 0 Å². The molecule has 2 N–H and O–H groups in total. The Bertz CT molecular complexity index is 557. The molecule has 0 saturated carbocycles. The Labute approximate surface area is 117 Å². The van der Waals surface area contributed by atoms with Crippen LogP contribution < -0.4 is 5.32 Å². The lowest BCUT2D eigenvalue weighted by molar-refractivity contribution is 0.0687. The smallest absolute Gasteiger partial charge is 0.356 e. The molecule has 0 aromatic carbocycles. The number of aryl methyl sites for hydroxylation is 1. The molecule has 0 saturated heterocycles. The highest BCUT2D eigenvalue weighted by atomic mass is 16.4. The van der Waals surface area contributed by atoms with Crippen molar-refractivity contribution in [3.8, 4) is 0 Å². The lowest BCUT2D eigenvalue weighted by atomic mass is 10.0. The van der Waals surface area contributed by atoms with Crippen molar-refractivity contribution in [3.05, 3.63) is 17.0 Å². The molecular weight excluding hydrogens is 260 g/mol. The van der Waals surface area contributed by atoms with E-state index in [1.807, 2.05) is 20.8 Å². The molecule has 0 spiro atoms. The molecule has 0 fully saturated rings. The van der Waals surface area contributed by atoms with E-state index in [1.54, 1.807) is 16.6 Å². The Balaban J connectivity index is 2.22. The van der Waals surface area contributed by atoms with Gasteiger partial charge in [-0.25, -0.2) is 9.59 Å². The van der Waals surface area contributed by atoms with Crippen LogP contribution in [0.4, 0.5) is 4.79 Å². The van der Waals surface area contributed by atoms with Gasteiger partial charge in [-0.1, -0.05) is 0 Å². The third-order valence-corrected chi connectivity index (χ3v) is 3.21. The molecule has 110 valence electrons. The zero-order valence-electron chi connectivity index (χ0n) is 12.2. The monoisotopic (exact) mass is 280 g/mol. The minimum Gasteiger partial charge on any atom is -0.476 e. The van der Waals surface area contributed by atoms with Gasteiger partial charge in [0.1, 0.15) is 0 Å². The van der Waals surface area contributed by atoms with Gasteiger partial charge >= 0.3 is 12.0 Å². The molecule has 7 heteroatoms. The molecule has 1 aromatic rings. The molecule has 0 radical (unpaired) electrons. The van der Waals surface area contributed by atoms with E-state index in [9.17, 15) is 14.7 Å². The summed E-state index contributed by atoms with van der Waals surface area (Å²) in [5.74, 6) is -1.06. The average molecular weight is 280 g/mol. The quantitative estimate of drug-likeness (QED) is 0.803. The summed E-state index contributed by atoms with van der Waals surface area (Å²) in [5, 5.41) is 16.1. The van der Waals surface area contributed by atoms with Crippen molar-refractivity contribution >= 4 is 12.0 Å². The Kier molecular flexibility index (Phi) is 3.45. The van der Waals surface area contributed by atoms with E-state index in [1.165, 1.54) is 0 Å². The zero-order valence-corrected chi connectivity index (χ0v) is 12.2. The van der Waals surface area contributed by atoms with Gasteiger partial charge in [0.05, 0.1) is 6.54 Å². The number of fused-ring (bicyclic) bond motifs is 1. The molecule has 1 aliphatic rings. The van der Waals surface area contributed by atoms with Gasteiger partial charge in [0.25, 0.3) is 0 Å². The van der Waals surface area contributed by atoms with Crippen LogP contribution in [-0.2, 0) is 20.0 Å². The largest absolute Gasteiger partial charge is 0.476 e. The number of carboxylic acids is 1. The summed E-state index contributed by atoms with van der Waals surface area (Å²) in [7, 11) is 1.73. The summed E-state index contributed by atoms with van der Waals surface area (Å²) in [6.07, 6.45) is 0.615. The predicted octanol–water partition coefficient (Wildman–Crippen LogP) is 0.984. The Morgan fingerprint density at radius 3 is 2.55 bits per heavy atom. The van der Waals surface area contributed by atoms with Crippen molar-refractivity contribution in [2.75, 3.05) is 6.54 Å². The van der Waals surface area contributed by atoms with Crippen LogP contribution >= 0.6 is 0 Å². The average Bonchev–Trinajstić information content (AvgIpc) is 2.64. The molecule has 2 heterocycles. The number of urea groups is 1. The predicted molar refractivity (Wildman–Crippen MR) is 72.6 cm³/mol. The molecule has 1 aliphatic heterocycles. The first-order valence-corrected chi connectivity index (χ1v) is 6.54. The maximum atomic E-state index is 12.2. The highest BCUT2D eigenvalue weighted by molar-refractivity contribution is 5.88. The van der Waals surface area contributed by atoms with Gasteiger partial charge in [-0.2, -0.15) is 5.10 Å². The lowest BCUT2D eigenvalue weighted by Gasteiger charge is -2.31. The Morgan fingerprint density at radius 1 is 1.35 bits per heavy atom. The number of hydrogen-bond acceptors (Lipinski definition) is 3. The van der Waals surface area contributed by atoms with Gasteiger partial charge in [-0.15, -0.1) is 0 Å². The number of carbonyl (C=O) groups excluding carboxylic acids is 1. The van der Waals surface area contributed by atoms with Crippen LogP contribution in [0, 0.1) is 0 Å². The van der Waals surface area contributed by atoms with Crippen molar-refractivity contribution in [2.45, 2.75) is 39.3 Å². The molecule has 0 unspecified atom stereocenters. The van der Waals surface area contributed by atoms with Crippen LogP contribution in [0.3, 0.4) is 0 Å². The first-order valence-electron chi connectivity index (χ1n) is 6.54. The van der Waals surface area contributed by atoms with Crippen molar-refractivity contribution in [2.24, 2.45) is 7.05 Å². The van der Waals surface area contributed by atoms with Crippen molar-refractivity contribution in [1.82, 2.24) is 20.0 Å². The third kappa shape index (κ3) is 2.76. The second-order valence-electron chi connectivity index (χ2n) is 6.05. The molecule has 2 rings (SSSR count). The van der Waals surface area contributed by atoms with Gasteiger partial charge in [-0.3, -0.25) is 4.68 Å². The van der Waals surface area contributed by atoms with Gasteiger partial charge in [0.2, 0.25) is 0 Å². The molecular formula is C13H20N4O3. The molecule has 20 heavy (non-hydrogen) atoms. The first-order chi connectivity index (χ1) is 9.19. The number of nitrogens with one attached hydrogen (secondary N) is 1. The highest BCUT2D eigenvalue weighted by Crippen LogP contribution is 2.22. The van der Waals surface area contributed by atoms with E-state index in [-0.39, 0.29) is 23.8 Å².